The minimum atomic E-state index is -1.42. The molecule has 1 aliphatic rings. The first-order valence-corrected chi connectivity index (χ1v) is 16.2. The largest absolute Gasteiger partial charge is 0.598 e. The standard InChI is InChI=1S/C35H41FN4O2S/c1-6-25-11-10-14-29(22-25)40-32(21-24(2)38-40)33(41)37-31-23-28(17-18-30(31)36)35(20-19-26-15-16-26,27-12-8-7-9-13-27)39-43(42)34(3,4)5/h7-14,17-18,21-23,26,39H,6,15-16,19-20H2,1-5H3,(H,37,41). The average molecular weight is 601 g/mol. The topological polar surface area (TPSA) is 82.0 Å². The van der Waals surface area contributed by atoms with Crippen molar-refractivity contribution in [2.45, 2.75) is 77.0 Å². The number of carbonyl (C=O) groups excluding carboxylic acids is 1. The quantitative estimate of drug-likeness (QED) is 0.174. The van der Waals surface area contributed by atoms with Gasteiger partial charge in [-0.3, -0.25) is 4.79 Å². The highest BCUT2D eigenvalue weighted by molar-refractivity contribution is 7.90. The molecule has 226 valence electrons. The summed E-state index contributed by atoms with van der Waals surface area (Å²) in [5, 5.41) is 7.38. The van der Waals surface area contributed by atoms with Crippen LogP contribution in [-0.4, -0.2) is 25.0 Å². The molecule has 0 aliphatic heterocycles. The van der Waals surface area contributed by atoms with Crippen LogP contribution in [0, 0.1) is 18.7 Å². The number of aryl methyl sites for hydroxylation is 2. The Morgan fingerprint density at radius 3 is 2.44 bits per heavy atom. The van der Waals surface area contributed by atoms with Crippen molar-refractivity contribution in [1.82, 2.24) is 14.5 Å². The minimum Gasteiger partial charge on any atom is -0.598 e. The molecule has 1 aliphatic carbocycles. The second-order valence-electron chi connectivity index (χ2n) is 12.5. The first-order valence-electron chi connectivity index (χ1n) is 15.0. The highest BCUT2D eigenvalue weighted by atomic mass is 32.2. The van der Waals surface area contributed by atoms with Gasteiger partial charge in [-0.15, -0.1) is 4.72 Å². The van der Waals surface area contributed by atoms with Crippen LogP contribution in [0.4, 0.5) is 10.1 Å². The number of carbonyl (C=O) groups is 1. The van der Waals surface area contributed by atoms with Gasteiger partial charge in [-0.2, -0.15) is 5.10 Å². The predicted molar refractivity (Wildman–Crippen MR) is 172 cm³/mol. The van der Waals surface area contributed by atoms with E-state index in [0.717, 1.165) is 35.2 Å². The van der Waals surface area contributed by atoms with Crippen molar-refractivity contribution in [3.05, 3.63) is 113 Å². The van der Waals surface area contributed by atoms with Crippen molar-refractivity contribution < 1.29 is 13.7 Å². The van der Waals surface area contributed by atoms with E-state index in [4.69, 9.17) is 0 Å². The molecular formula is C35H41FN4O2S. The van der Waals surface area contributed by atoms with Crippen molar-refractivity contribution in [2.24, 2.45) is 5.92 Å². The van der Waals surface area contributed by atoms with Crippen LogP contribution in [0.5, 0.6) is 0 Å². The molecule has 2 atom stereocenters. The van der Waals surface area contributed by atoms with Gasteiger partial charge in [0.2, 0.25) is 0 Å². The number of hydrogen-bond donors (Lipinski definition) is 2. The number of halogens is 1. The molecule has 0 spiro atoms. The molecule has 1 heterocycles. The third-order valence-corrected chi connectivity index (χ3v) is 9.70. The molecule has 0 radical (unpaired) electrons. The number of rotatable bonds is 11. The Morgan fingerprint density at radius 1 is 1.02 bits per heavy atom. The van der Waals surface area contributed by atoms with Gasteiger partial charge in [-0.25, -0.2) is 9.07 Å². The number of nitrogens with one attached hydrogen (secondary N) is 2. The van der Waals surface area contributed by atoms with Gasteiger partial charge >= 0.3 is 0 Å². The Bertz CT molecular complexity index is 1580. The summed E-state index contributed by atoms with van der Waals surface area (Å²) in [6, 6.07) is 24.3. The summed E-state index contributed by atoms with van der Waals surface area (Å²) in [5.74, 6) is -0.385. The van der Waals surface area contributed by atoms with Gasteiger partial charge in [-0.05, 0) is 99.9 Å². The number of benzene rings is 3. The average Bonchev–Trinajstić information content (AvgIpc) is 3.74. The summed E-state index contributed by atoms with van der Waals surface area (Å²) in [7, 11) is 0. The van der Waals surface area contributed by atoms with Crippen molar-refractivity contribution in [3.8, 4) is 5.69 Å². The third kappa shape index (κ3) is 7.03. The van der Waals surface area contributed by atoms with Crippen LogP contribution in [-0.2, 0) is 23.3 Å². The van der Waals surface area contributed by atoms with Gasteiger partial charge < -0.3 is 9.87 Å². The Morgan fingerprint density at radius 2 is 1.77 bits per heavy atom. The van der Waals surface area contributed by atoms with Crippen LogP contribution in [0.25, 0.3) is 5.69 Å². The van der Waals surface area contributed by atoms with E-state index in [1.165, 1.54) is 18.9 Å². The number of hydrogen-bond acceptors (Lipinski definition) is 4. The molecule has 43 heavy (non-hydrogen) atoms. The number of nitrogens with zero attached hydrogens (tertiary/aromatic N) is 2. The molecule has 0 bridgehead atoms. The maximum Gasteiger partial charge on any atom is 0.274 e. The van der Waals surface area contributed by atoms with Gasteiger partial charge in [-0.1, -0.05) is 68.3 Å². The normalized spacial score (nSPS) is 15.6. The predicted octanol–water partition coefficient (Wildman–Crippen LogP) is 7.62. The van der Waals surface area contributed by atoms with Crippen LogP contribution < -0.4 is 10.0 Å². The fourth-order valence-electron chi connectivity index (χ4n) is 5.32. The zero-order valence-corrected chi connectivity index (χ0v) is 26.4. The summed E-state index contributed by atoms with van der Waals surface area (Å²) in [5.41, 5.74) is 3.78. The van der Waals surface area contributed by atoms with Gasteiger partial charge in [0.15, 0.2) is 0 Å². The SMILES string of the molecule is CCc1cccc(-n2nc(C)cc2C(=O)Nc2cc(C(CCC3CC3)(N[S+]([O-])C(C)(C)C)c3ccccc3)ccc2F)c1. The Labute approximate surface area is 257 Å². The maximum atomic E-state index is 15.4. The third-order valence-electron chi connectivity index (χ3n) is 8.05. The first kappa shape index (κ1) is 31.0. The Kier molecular flexibility index (Phi) is 9.11. The van der Waals surface area contributed by atoms with Crippen molar-refractivity contribution in [2.75, 3.05) is 5.32 Å². The highest BCUT2D eigenvalue weighted by Gasteiger charge is 2.43. The van der Waals surface area contributed by atoms with Crippen LogP contribution in [0.15, 0.2) is 78.9 Å². The lowest BCUT2D eigenvalue weighted by atomic mass is 9.79. The van der Waals surface area contributed by atoms with Crippen LogP contribution in [0.1, 0.15) is 86.3 Å². The second-order valence-corrected chi connectivity index (χ2v) is 14.5. The highest BCUT2D eigenvalue weighted by Crippen LogP contribution is 2.43. The van der Waals surface area contributed by atoms with E-state index < -0.39 is 33.4 Å². The van der Waals surface area contributed by atoms with E-state index in [1.54, 1.807) is 22.9 Å². The number of anilines is 1. The van der Waals surface area contributed by atoms with E-state index in [0.29, 0.717) is 23.7 Å². The smallest absolute Gasteiger partial charge is 0.274 e. The molecule has 0 saturated heterocycles. The molecule has 2 unspecified atom stereocenters. The molecular weight excluding hydrogens is 559 g/mol. The van der Waals surface area contributed by atoms with Gasteiger partial charge in [0.05, 0.1) is 17.1 Å². The Hall–Kier alpha value is -3.46. The monoisotopic (exact) mass is 600 g/mol. The first-order chi connectivity index (χ1) is 20.5. The zero-order valence-electron chi connectivity index (χ0n) is 25.6. The lowest BCUT2D eigenvalue weighted by Crippen LogP contribution is -2.52. The molecule has 1 saturated carbocycles. The van der Waals surface area contributed by atoms with Gasteiger partial charge in [0.25, 0.3) is 5.91 Å². The van der Waals surface area contributed by atoms with E-state index in [9.17, 15) is 9.35 Å². The van der Waals surface area contributed by atoms with E-state index in [-0.39, 0.29) is 5.69 Å². The minimum absolute atomic E-state index is 0.0604. The summed E-state index contributed by atoms with van der Waals surface area (Å²) >= 11 is -1.42. The fourth-order valence-corrected chi connectivity index (χ4v) is 6.28. The molecule has 1 aromatic heterocycles. The molecule has 3 aromatic carbocycles. The summed E-state index contributed by atoms with van der Waals surface area (Å²) in [6.07, 6.45) is 4.85. The second kappa shape index (κ2) is 12.6. The Balaban J connectivity index is 1.55. The maximum absolute atomic E-state index is 15.4. The summed E-state index contributed by atoms with van der Waals surface area (Å²) in [6.45, 7) is 9.70. The van der Waals surface area contributed by atoms with Crippen LogP contribution in [0.2, 0.25) is 0 Å². The summed E-state index contributed by atoms with van der Waals surface area (Å²) < 4.78 is 33.7. The van der Waals surface area contributed by atoms with Crippen LogP contribution in [0.3, 0.4) is 0 Å². The number of amides is 1. The fraction of sp³-hybridized carbons (Fsp3) is 0.371. The van der Waals surface area contributed by atoms with E-state index >= 15 is 4.39 Å². The summed E-state index contributed by atoms with van der Waals surface area (Å²) in [4.78, 5) is 13.7. The lowest BCUT2D eigenvalue weighted by Gasteiger charge is -2.39. The van der Waals surface area contributed by atoms with E-state index in [2.05, 4.69) is 22.1 Å². The lowest BCUT2D eigenvalue weighted by molar-refractivity contribution is 0.101. The zero-order chi connectivity index (χ0) is 30.8. The molecule has 6 nitrogen and oxygen atoms in total. The van der Waals surface area contributed by atoms with Crippen LogP contribution >= 0.6 is 0 Å². The molecule has 2 N–H and O–H groups in total. The molecule has 8 heteroatoms. The van der Waals surface area contributed by atoms with Gasteiger partial charge in [0, 0.05) is 11.4 Å². The van der Waals surface area contributed by atoms with Crippen molar-refractivity contribution >= 4 is 23.0 Å². The number of aromatic nitrogens is 2. The van der Waals surface area contributed by atoms with Crippen molar-refractivity contribution in [1.29, 1.82) is 0 Å². The molecule has 5 rings (SSSR count). The van der Waals surface area contributed by atoms with Gasteiger partial charge in [0.1, 0.15) is 21.8 Å². The molecule has 1 amide bonds. The molecule has 4 aromatic rings. The van der Waals surface area contributed by atoms with Crippen molar-refractivity contribution in [3.63, 3.8) is 0 Å². The van der Waals surface area contributed by atoms with E-state index in [1.807, 2.05) is 82.3 Å². The molecule has 1 fully saturated rings.